The van der Waals surface area contributed by atoms with E-state index < -0.39 is 5.82 Å². The van der Waals surface area contributed by atoms with Crippen molar-refractivity contribution in [1.82, 2.24) is 10.2 Å². The number of rotatable bonds is 6. The normalized spacial score (nSPS) is 10.3. The molecule has 2 aromatic rings. The fourth-order valence-corrected chi connectivity index (χ4v) is 2.60. The molecule has 0 bridgehead atoms. The smallest absolute Gasteiger partial charge is 0.254 e. The van der Waals surface area contributed by atoms with Crippen molar-refractivity contribution in [2.24, 2.45) is 0 Å². The number of likely N-dealkylation sites (N-methyl/N-ethyl adjacent to an activating group) is 1. The van der Waals surface area contributed by atoms with Crippen molar-refractivity contribution in [1.29, 1.82) is 0 Å². The van der Waals surface area contributed by atoms with E-state index in [1.54, 1.807) is 18.3 Å². The average Bonchev–Trinajstić information content (AvgIpc) is 3.03. The molecule has 4 nitrogen and oxygen atoms in total. The molecule has 0 fully saturated rings. The standard InChI is InChI=1S/C16H17FN2O2S/c1-2-19(16(21)12-5-3-6-13(17)9-12)11-15(20)18-10-14-7-4-8-22-14/h3-9H,2,10-11H2,1H3,(H,18,20). The van der Waals surface area contributed by atoms with Crippen LogP contribution in [0.5, 0.6) is 0 Å². The molecule has 1 heterocycles. The Bertz CT molecular complexity index is 643. The summed E-state index contributed by atoms with van der Waals surface area (Å²) in [5.74, 6) is -1.06. The first-order valence-electron chi connectivity index (χ1n) is 6.94. The van der Waals surface area contributed by atoms with Crippen molar-refractivity contribution in [3.05, 3.63) is 58.0 Å². The van der Waals surface area contributed by atoms with Gasteiger partial charge in [-0.25, -0.2) is 4.39 Å². The van der Waals surface area contributed by atoms with Crippen molar-refractivity contribution < 1.29 is 14.0 Å². The number of hydrogen-bond acceptors (Lipinski definition) is 3. The van der Waals surface area contributed by atoms with E-state index in [0.29, 0.717) is 13.1 Å². The van der Waals surface area contributed by atoms with Crippen LogP contribution in [-0.2, 0) is 11.3 Å². The predicted molar refractivity (Wildman–Crippen MR) is 84.1 cm³/mol. The highest BCUT2D eigenvalue weighted by atomic mass is 32.1. The van der Waals surface area contributed by atoms with Crippen molar-refractivity contribution in [3.8, 4) is 0 Å². The van der Waals surface area contributed by atoms with Crippen LogP contribution >= 0.6 is 11.3 Å². The van der Waals surface area contributed by atoms with E-state index in [-0.39, 0.29) is 23.9 Å². The van der Waals surface area contributed by atoms with E-state index in [2.05, 4.69) is 5.32 Å². The molecule has 1 N–H and O–H groups in total. The number of carbonyl (C=O) groups is 2. The summed E-state index contributed by atoms with van der Waals surface area (Å²) in [6.07, 6.45) is 0. The van der Waals surface area contributed by atoms with E-state index in [1.807, 2.05) is 17.5 Å². The van der Waals surface area contributed by atoms with Gasteiger partial charge in [0.25, 0.3) is 5.91 Å². The Hall–Kier alpha value is -2.21. The molecule has 6 heteroatoms. The topological polar surface area (TPSA) is 49.4 Å². The number of nitrogens with zero attached hydrogens (tertiary/aromatic N) is 1. The van der Waals surface area contributed by atoms with E-state index in [1.165, 1.54) is 29.2 Å². The zero-order valence-corrected chi connectivity index (χ0v) is 13.0. The SMILES string of the molecule is CCN(CC(=O)NCc1cccs1)C(=O)c1cccc(F)c1. The molecule has 1 aromatic heterocycles. The van der Waals surface area contributed by atoms with Crippen LogP contribution < -0.4 is 5.32 Å². The zero-order valence-electron chi connectivity index (χ0n) is 12.2. The molecule has 0 unspecified atom stereocenters. The van der Waals surface area contributed by atoms with Crippen LogP contribution in [0.3, 0.4) is 0 Å². The molecule has 1 aromatic carbocycles. The molecule has 0 aliphatic heterocycles. The van der Waals surface area contributed by atoms with Gasteiger partial charge in [0.05, 0.1) is 13.1 Å². The van der Waals surface area contributed by atoms with Gasteiger partial charge < -0.3 is 10.2 Å². The second-order valence-electron chi connectivity index (χ2n) is 4.69. The van der Waals surface area contributed by atoms with Crippen LogP contribution in [0.1, 0.15) is 22.2 Å². The Labute approximate surface area is 132 Å². The van der Waals surface area contributed by atoms with Crippen molar-refractivity contribution >= 4 is 23.2 Å². The van der Waals surface area contributed by atoms with Gasteiger partial charge in [-0.1, -0.05) is 12.1 Å². The monoisotopic (exact) mass is 320 g/mol. The number of nitrogens with one attached hydrogen (secondary N) is 1. The summed E-state index contributed by atoms with van der Waals surface area (Å²) in [5, 5.41) is 4.71. The van der Waals surface area contributed by atoms with Crippen LogP contribution in [-0.4, -0.2) is 29.8 Å². The largest absolute Gasteiger partial charge is 0.350 e. The maximum atomic E-state index is 13.2. The summed E-state index contributed by atoms with van der Waals surface area (Å²) in [7, 11) is 0. The van der Waals surface area contributed by atoms with E-state index in [4.69, 9.17) is 0 Å². The maximum Gasteiger partial charge on any atom is 0.254 e. The van der Waals surface area contributed by atoms with Gasteiger partial charge >= 0.3 is 0 Å². The summed E-state index contributed by atoms with van der Waals surface area (Å²) >= 11 is 1.56. The first-order valence-corrected chi connectivity index (χ1v) is 7.82. The third-order valence-electron chi connectivity index (χ3n) is 3.11. The Morgan fingerprint density at radius 2 is 2.09 bits per heavy atom. The molecule has 0 spiro atoms. The fraction of sp³-hybridized carbons (Fsp3) is 0.250. The minimum atomic E-state index is -0.468. The van der Waals surface area contributed by atoms with Crippen LogP contribution in [0, 0.1) is 5.82 Å². The van der Waals surface area contributed by atoms with Crippen molar-refractivity contribution in [3.63, 3.8) is 0 Å². The summed E-state index contributed by atoms with van der Waals surface area (Å²) in [4.78, 5) is 26.7. The summed E-state index contributed by atoms with van der Waals surface area (Å²) < 4.78 is 13.2. The number of benzene rings is 1. The highest BCUT2D eigenvalue weighted by molar-refractivity contribution is 7.09. The van der Waals surface area contributed by atoms with Gasteiger partial charge in [-0.3, -0.25) is 9.59 Å². The van der Waals surface area contributed by atoms with Gasteiger partial charge in [0, 0.05) is 17.0 Å². The average molecular weight is 320 g/mol. The highest BCUT2D eigenvalue weighted by Crippen LogP contribution is 2.09. The summed E-state index contributed by atoms with van der Waals surface area (Å²) in [6, 6.07) is 9.32. The molecule has 0 atom stereocenters. The molecule has 0 saturated heterocycles. The quantitative estimate of drug-likeness (QED) is 0.889. The molecule has 22 heavy (non-hydrogen) atoms. The molecule has 116 valence electrons. The van der Waals surface area contributed by atoms with Crippen molar-refractivity contribution in [2.45, 2.75) is 13.5 Å². The Morgan fingerprint density at radius 3 is 2.73 bits per heavy atom. The second kappa shape index (κ2) is 7.70. The third-order valence-corrected chi connectivity index (χ3v) is 3.99. The lowest BCUT2D eigenvalue weighted by molar-refractivity contribution is -0.121. The summed E-state index contributed by atoms with van der Waals surface area (Å²) in [6.45, 7) is 2.56. The third kappa shape index (κ3) is 4.39. The molecular formula is C16H17FN2O2S. The lowest BCUT2D eigenvalue weighted by Gasteiger charge is -2.20. The number of hydrogen-bond donors (Lipinski definition) is 1. The maximum absolute atomic E-state index is 13.2. The number of amides is 2. The molecule has 2 rings (SSSR count). The van der Waals surface area contributed by atoms with Crippen LogP contribution in [0.4, 0.5) is 4.39 Å². The van der Waals surface area contributed by atoms with Gasteiger partial charge in [0.1, 0.15) is 5.82 Å². The zero-order chi connectivity index (χ0) is 15.9. The van der Waals surface area contributed by atoms with Gasteiger partial charge in [-0.2, -0.15) is 0 Å². The lowest BCUT2D eigenvalue weighted by atomic mass is 10.2. The van der Waals surface area contributed by atoms with Gasteiger partial charge in [0.2, 0.25) is 5.91 Å². The molecule has 0 radical (unpaired) electrons. The van der Waals surface area contributed by atoms with Crippen molar-refractivity contribution in [2.75, 3.05) is 13.1 Å². The Balaban J connectivity index is 1.93. The molecule has 0 saturated carbocycles. The van der Waals surface area contributed by atoms with Gasteiger partial charge in [0.15, 0.2) is 0 Å². The van der Waals surface area contributed by atoms with Crippen LogP contribution in [0.15, 0.2) is 41.8 Å². The number of halogens is 1. The van der Waals surface area contributed by atoms with E-state index in [9.17, 15) is 14.0 Å². The first-order chi connectivity index (χ1) is 10.6. The van der Waals surface area contributed by atoms with Crippen LogP contribution in [0.25, 0.3) is 0 Å². The van der Waals surface area contributed by atoms with Crippen LogP contribution in [0.2, 0.25) is 0 Å². The molecule has 0 aliphatic rings. The highest BCUT2D eigenvalue weighted by Gasteiger charge is 2.17. The van der Waals surface area contributed by atoms with Gasteiger partial charge in [-0.05, 0) is 36.6 Å². The van der Waals surface area contributed by atoms with Gasteiger partial charge in [-0.15, -0.1) is 11.3 Å². The lowest BCUT2D eigenvalue weighted by Crippen LogP contribution is -2.40. The minimum Gasteiger partial charge on any atom is -0.350 e. The van der Waals surface area contributed by atoms with E-state index in [0.717, 1.165) is 4.88 Å². The minimum absolute atomic E-state index is 0.0444. The Kier molecular flexibility index (Phi) is 5.66. The molecular weight excluding hydrogens is 303 g/mol. The number of carbonyl (C=O) groups excluding carboxylic acids is 2. The number of thiophene rings is 1. The second-order valence-corrected chi connectivity index (χ2v) is 5.72. The Morgan fingerprint density at radius 1 is 1.27 bits per heavy atom. The molecule has 0 aliphatic carbocycles. The molecule has 2 amide bonds. The summed E-state index contributed by atoms with van der Waals surface area (Å²) in [5.41, 5.74) is 0.243. The van der Waals surface area contributed by atoms with E-state index >= 15 is 0 Å². The predicted octanol–water partition coefficient (Wildman–Crippen LogP) is 2.67. The fourth-order valence-electron chi connectivity index (χ4n) is 1.96. The first kappa shape index (κ1) is 16.2.